The highest BCUT2D eigenvalue weighted by molar-refractivity contribution is 5.47. The summed E-state index contributed by atoms with van der Waals surface area (Å²) < 4.78 is 10.8. The van der Waals surface area contributed by atoms with E-state index in [-0.39, 0.29) is 5.41 Å². The van der Waals surface area contributed by atoms with Gasteiger partial charge in [-0.2, -0.15) is 0 Å². The molecule has 2 rings (SSSR count). The second-order valence-electron chi connectivity index (χ2n) is 4.77. The van der Waals surface area contributed by atoms with E-state index in [1.807, 2.05) is 12.1 Å². The van der Waals surface area contributed by atoms with Gasteiger partial charge in [0.15, 0.2) is 0 Å². The average molecular weight is 235 g/mol. The summed E-state index contributed by atoms with van der Waals surface area (Å²) in [6, 6.07) is 6.14. The quantitative estimate of drug-likeness (QED) is 0.851. The van der Waals surface area contributed by atoms with Gasteiger partial charge in [0, 0.05) is 24.6 Å². The number of rotatable bonds is 5. The normalized spacial score (nSPS) is 17.6. The Labute approximate surface area is 103 Å². The summed E-state index contributed by atoms with van der Waals surface area (Å²) in [7, 11) is 3.44. The molecular weight excluding hydrogens is 214 g/mol. The summed E-state index contributed by atoms with van der Waals surface area (Å²) >= 11 is 0. The van der Waals surface area contributed by atoms with Crippen LogP contribution in [0.1, 0.15) is 30.4 Å². The van der Waals surface area contributed by atoms with Crippen molar-refractivity contribution in [2.24, 2.45) is 5.73 Å². The van der Waals surface area contributed by atoms with Gasteiger partial charge in [-0.15, -0.1) is 0 Å². The Kier molecular flexibility index (Phi) is 3.69. The average Bonchev–Trinajstić information content (AvgIpc) is 2.30. The second kappa shape index (κ2) is 5.07. The summed E-state index contributed by atoms with van der Waals surface area (Å²) in [5, 5.41) is 0. The first kappa shape index (κ1) is 12.4. The number of methoxy groups -OCH3 is 2. The van der Waals surface area contributed by atoms with Crippen molar-refractivity contribution in [3.05, 3.63) is 29.3 Å². The van der Waals surface area contributed by atoms with Crippen LogP contribution in [0.3, 0.4) is 0 Å². The van der Waals surface area contributed by atoms with Gasteiger partial charge in [0.2, 0.25) is 0 Å². The minimum absolute atomic E-state index is 0.112. The number of hydrogen-bond donors (Lipinski definition) is 1. The molecule has 1 aliphatic rings. The lowest BCUT2D eigenvalue weighted by atomic mass is 9.63. The highest BCUT2D eigenvalue weighted by Crippen LogP contribution is 2.47. The van der Waals surface area contributed by atoms with E-state index in [1.165, 1.54) is 17.5 Å². The maximum Gasteiger partial charge on any atom is 0.123 e. The molecule has 1 saturated carbocycles. The van der Waals surface area contributed by atoms with Gasteiger partial charge in [-0.1, -0.05) is 18.6 Å². The second-order valence-corrected chi connectivity index (χ2v) is 4.77. The fourth-order valence-corrected chi connectivity index (χ4v) is 2.78. The molecule has 3 nitrogen and oxygen atoms in total. The van der Waals surface area contributed by atoms with Crippen LogP contribution in [0.4, 0.5) is 0 Å². The van der Waals surface area contributed by atoms with Crippen molar-refractivity contribution in [3.63, 3.8) is 0 Å². The maximum atomic E-state index is 5.99. The molecule has 1 aromatic rings. The SMILES string of the molecule is COCc1cccc(OC)c1C1(CN)CCC1. The maximum absolute atomic E-state index is 5.99. The molecule has 3 heteroatoms. The molecule has 0 heterocycles. The predicted molar refractivity (Wildman–Crippen MR) is 68.3 cm³/mol. The molecule has 0 amide bonds. The molecule has 0 bridgehead atoms. The van der Waals surface area contributed by atoms with E-state index in [1.54, 1.807) is 14.2 Å². The fraction of sp³-hybridized carbons (Fsp3) is 0.571. The molecular formula is C14H21NO2. The van der Waals surface area contributed by atoms with Crippen LogP contribution in [-0.2, 0) is 16.8 Å². The zero-order valence-electron chi connectivity index (χ0n) is 10.7. The topological polar surface area (TPSA) is 44.5 Å². The molecule has 1 aliphatic carbocycles. The van der Waals surface area contributed by atoms with E-state index in [0.717, 1.165) is 18.6 Å². The van der Waals surface area contributed by atoms with Gasteiger partial charge in [-0.3, -0.25) is 0 Å². The van der Waals surface area contributed by atoms with Crippen molar-refractivity contribution >= 4 is 0 Å². The van der Waals surface area contributed by atoms with Crippen LogP contribution in [0.25, 0.3) is 0 Å². The number of ether oxygens (including phenoxy) is 2. The summed E-state index contributed by atoms with van der Waals surface area (Å²) in [4.78, 5) is 0. The summed E-state index contributed by atoms with van der Waals surface area (Å²) in [6.45, 7) is 1.30. The minimum Gasteiger partial charge on any atom is -0.496 e. The van der Waals surface area contributed by atoms with Crippen LogP contribution in [-0.4, -0.2) is 20.8 Å². The molecule has 0 radical (unpaired) electrons. The van der Waals surface area contributed by atoms with Gasteiger partial charge in [-0.05, 0) is 24.5 Å². The molecule has 2 N–H and O–H groups in total. The van der Waals surface area contributed by atoms with Gasteiger partial charge < -0.3 is 15.2 Å². The van der Waals surface area contributed by atoms with Gasteiger partial charge in [0.1, 0.15) is 5.75 Å². The summed E-state index contributed by atoms with van der Waals surface area (Å²) in [5.74, 6) is 0.949. The number of nitrogens with two attached hydrogens (primary N) is 1. The molecule has 94 valence electrons. The first-order valence-corrected chi connectivity index (χ1v) is 6.13. The van der Waals surface area contributed by atoms with Gasteiger partial charge in [-0.25, -0.2) is 0 Å². The van der Waals surface area contributed by atoms with E-state index < -0.39 is 0 Å². The largest absolute Gasteiger partial charge is 0.496 e. The lowest BCUT2D eigenvalue weighted by molar-refractivity contribution is 0.176. The Balaban J connectivity index is 2.47. The first-order valence-electron chi connectivity index (χ1n) is 6.13. The minimum atomic E-state index is 0.112. The standard InChI is InChI=1S/C14H21NO2/c1-16-9-11-5-3-6-12(17-2)13(11)14(10-15)7-4-8-14/h3,5-6H,4,7-10,15H2,1-2H3. The van der Waals surface area contributed by atoms with Crippen molar-refractivity contribution in [3.8, 4) is 5.75 Å². The van der Waals surface area contributed by atoms with Crippen LogP contribution in [0, 0.1) is 0 Å². The summed E-state index contributed by atoms with van der Waals surface area (Å²) in [6.07, 6.45) is 3.56. The van der Waals surface area contributed by atoms with E-state index >= 15 is 0 Å². The molecule has 0 aliphatic heterocycles. The molecule has 0 aromatic heterocycles. The number of hydrogen-bond acceptors (Lipinski definition) is 3. The lowest BCUT2D eigenvalue weighted by Crippen LogP contribution is -2.42. The highest BCUT2D eigenvalue weighted by atomic mass is 16.5. The van der Waals surface area contributed by atoms with Crippen molar-refractivity contribution in [1.82, 2.24) is 0 Å². The molecule has 17 heavy (non-hydrogen) atoms. The van der Waals surface area contributed by atoms with Crippen molar-refractivity contribution in [2.75, 3.05) is 20.8 Å². The monoisotopic (exact) mass is 235 g/mol. The zero-order valence-corrected chi connectivity index (χ0v) is 10.7. The van der Waals surface area contributed by atoms with E-state index in [4.69, 9.17) is 15.2 Å². The van der Waals surface area contributed by atoms with Crippen molar-refractivity contribution in [2.45, 2.75) is 31.3 Å². The third kappa shape index (κ3) is 2.05. The van der Waals surface area contributed by atoms with Crippen LogP contribution in [0.15, 0.2) is 18.2 Å². The lowest BCUT2D eigenvalue weighted by Gasteiger charge is -2.43. The highest BCUT2D eigenvalue weighted by Gasteiger charge is 2.40. The van der Waals surface area contributed by atoms with Gasteiger partial charge in [0.05, 0.1) is 13.7 Å². The Bertz CT molecular complexity index is 380. The first-order chi connectivity index (χ1) is 8.27. The molecule has 0 saturated heterocycles. The van der Waals surface area contributed by atoms with Gasteiger partial charge in [0.25, 0.3) is 0 Å². The van der Waals surface area contributed by atoms with Crippen molar-refractivity contribution < 1.29 is 9.47 Å². The van der Waals surface area contributed by atoms with Crippen LogP contribution in [0.2, 0.25) is 0 Å². The third-order valence-corrected chi connectivity index (χ3v) is 3.86. The predicted octanol–water partition coefficient (Wildman–Crippen LogP) is 2.22. The van der Waals surface area contributed by atoms with Crippen molar-refractivity contribution in [1.29, 1.82) is 0 Å². The van der Waals surface area contributed by atoms with Crippen LogP contribution >= 0.6 is 0 Å². The molecule has 1 fully saturated rings. The Morgan fingerprint density at radius 1 is 1.29 bits per heavy atom. The molecule has 0 spiro atoms. The zero-order chi connectivity index (χ0) is 12.3. The molecule has 0 atom stereocenters. The van der Waals surface area contributed by atoms with E-state index in [0.29, 0.717) is 13.2 Å². The van der Waals surface area contributed by atoms with Crippen LogP contribution in [0.5, 0.6) is 5.75 Å². The number of benzene rings is 1. The molecule has 0 unspecified atom stereocenters. The van der Waals surface area contributed by atoms with E-state index in [9.17, 15) is 0 Å². The summed E-state index contributed by atoms with van der Waals surface area (Å²) in [5.41, 5.74) is 8.57. The van der Waals surface area contributed by atoms with Crippen LogP contribution < -0.4 is 10.5 Å². The Morgan fingerprint density at radius 2 is 2.06 bits per heavy atom. The smallest absolute Gasteiger partial charge is 0.123 e. The Hall–Kier alpha value is -1.06. The van der Waals surface area contributed by atoms with Gasteiger partial charge >= 0.3 is 0 Å². The Morgan fingerprint density at radius 3 is 2.53 bits per heavy atom. The van der Waals surface area contributed by atoms with E-state index in [2.05, 4.69) is 6.07 Å². The third-order valence-electron chi connectivity index (χ3n) is 3.86. The fourth-order valence-electron chi connectivity index (χ4n) is 2.78. The molecule has 1 aromatic carbocycles.